The molecule has 2 atom stereocenters. The highest BCUT2D eigenvalue weighted by atomic mass is 16.6. The normalized spacial score (nSPS) is 11.4. The maximum absolute atomic E-state index is 12.3. The number of terminal acetylenes is 2. The number of esters is 3. The average Bonchev–Trinajstić information content (AvgIpc) is 2.95. The lowest BCUT2D eigenvalue weighted by molar-refractivity contribution is -0.155. The smallest absolute Gasteiger partial charge is 0.408 e. The molecule has 42 heavy (non-hydrogen) atoms. The molecule has 2 unspecified atom stereocenters. The topological polar surface area (TPSA) is 173 Å². The largest absolute Gasteiger partial charge is 0.466 e. The molecule has 2 N–H and O–H groups in total. The minimum atomic E-state index is -0.842. The number of nitrogens with one attached hydrogen (secondary N) is 2. The Labute approximate surface area is 247 Å². The standard InChI is InChI=1S/C29H42N2O11/c1-5-17-39-25(33)15-10-8-9-14-24(22(4)32)31-29(37)42-20-19-40-26(34)21-23(27(35)38-7-3)13-11-12-16-30-28(36)41-18-6-2/h1-2,23-24H,7-21H2,3-4H3,(H,30,36)(H,31,37). The molecule has 0 spiro atoms. The van der Waals surface area contributed by atoms with Crippen LogP contribution in [0.25, 0.3) is 0 Å². The van der Waals surface area contributed by atoms with Gasteiger partial charge in [0.2, 0.25) is 0 Å². The summed E-state index contributed by atoms with van der Waals surface area (Å²) in [7, 11) is 0. The number of alkyl carbamates (subject to hydrolysis) is 2. The molecule has 234 valence electrons. The first-order valence-electron chi connectivity index (χ1n) is 13.8. The van der Waals surface area contributed by atoms with Gasteiger partial charge in [0, 0.05) is 13.0 Å². The van der Waals surface area contributed by atoms with Crippen molar-refractivity contribution in [2.24, 2.45) is 5.92 Å². The minimum Gasteiger partial charge on any atom is -0.466 e. The summed E-state index contributed by atoms with van der Waals surface area (Å²) < 4.78 is 24.6. The average molecular weight is 595 g/mol. The summed E-state index contributed by atoms with van der Waals surface area (Å²) in [5.41, 5.74) is 0. The van der Waals surface area contributed by atoms with Crippen molar-refractivity contribution in [3.8, 4) is 24.7 Å². The van der Waals surface area contributed by atoms with Crippen molar-refractivity contribution in [1.29, 1.82) is 0 Å². The number of hydrogen-bond acceptors (Lipinski definition) is 11. The Morgan fingerprint density at radius 3 is 2.07 bits per heavy atom. The molecule has 2 amide bonds. The molecular weight excluding hydrogens is 552 g/mol. The molecular formula is C29H42N2O11. The van der Waals surface area contributed by atoms with Crippen LogP contribution in [0.1, 0.15) is 71.6 Å². The van der Waals surface area contributed by atoms with Gasteiger partial charge < -0.3 is 34.3 Å². The van der Waals surface area contributed by atoms with Gasteiger partial charge in [-0.15, -0.1) is 12.8 Å². The highest BCUT2D eigenvalue weighted by molar-refractivity contribution is 5.85. The maximum atomic E-state index is 12.3. The van der Waals surface area contributed by atoms with Crippen LogP contribution in [0, 0.1) is 30.6 Å². The molecule has 0 fully saturated rings. The fourth-order valence-corrected chi connectivity index (χ4v) is 3.53. The first-order valence-corrected chi connectivity index (χ1v) is 13.8. The van der Waals surface area contributed by atoms with Crippen LogP contribution in [0.3, 0.4) is 0 Å². The van der Waals surface area contributed by atoms with Crippen molar-refractivity contribution in [2.75, 3.05) is 39.6 Å². The minimum absolute atomic E-state index is 0.0697. The Morgan fingerprint density at radius 1 is 0.738 bits per heavy atom. The molecule has 0 bridgehead atoms. The van der Waals surface area contributed by atoms with Gasteiger partial charge >= 0.3 is 30.1 Å². The molecule has 0 aromatic rings. The van der Waals surface area contributed by atoms with Crippen LogP contribution in [0.4, 0.5) is 9.59 Å². The first-order chi connectivity index (χ1) is 20.1. The van der Waals surface area contributed by atoms with E-state index in [4.69, 9.17) is 31.8 Å². The van der Waals surface area contributed by atoms with Crippen molar-refractivity contribution in [3.63, 3.8) is 0 Å². The zero-order valence-electron chi connectivity index (χ0n) is 24.4. The lowest BCUT2D eigenvalue weighted by Gasteiger charge is -2.16. The Balaban J connectivity index is 4.34. The fraction of sp³-hybridized carbons (Fsp3) is 0.655. The first kappa shape index (κ1) is 37.7. The zero-order chi connectivity index (χ0) is 31.6. The number of carbonyl (C=O) groups excluding carboxylic acids is 6. The number of ether oxygens (including phenoxy) is 5. The summed E-state index contributed by atoms with van der Waals surface area (Å²) in [6, 6.07) is -0.762. The second kappa shape index (κ2) is 24.5. The van der Waals surface area contributed by atoms with E-state index in [9.17, 15) is 28.8 Å². The van der Waals surface area contributed by atoms with Crippen molar-refractivity contribution in [1.82, 2.24) is 10.6 Å². The molecule has 0 aliphatic carbocycles. The molecule has 0 heterocycles. The third-order valence-electron chi connectivity index (χ3n) is 5.62. The van der Waals surface area contributed by atoms with Gasteiger partial charge in [0.05, 0.1) is 25.0 Å². The van der Waals surface area contributed by atoms with Crippen molar-refractivity contribution >= 4 is 35.9 Å². The molecule has 0 saturated heterocycles. The summed E-state index contributed by atoms with van der Waals surface area (Å²) >= 11 is 0. The van der Waals surface area contributed by atoms with E-state index >= 15 is 0 Å². The third kappa shape index (κ3) is 20.6. The summed E-state index contributed by atoms with van der Waals surface area (Å²) in [4.78, 5) is 71.2. The van der Waals surface area contributed by atoms with E-state index in [1.807, 2.05) is 0 Å². The van der Waals surface area contributed by atoms with Crippen LogP contribution in [-0.4, -0.2) is 81.5 Å². The molecule has 13 heteroatoms. The molecule has 0 aromatic carbocycles. The zero-order valence-corrected chi connectivity index (χ0v) is 24.4. The van der Waals surface area contributed by atoms with Crippen LogP contribution in [0.5, 0.6) is 0 Å². The van der Waals surface area contributed by atoms with Gasteiger partial charge in [0.15, 0.2) is 19.0 Å². The highest BCUT2D eigenvalue weighted by Crippen LogP contribution is 2.16. The molecule has 0 aliphatic heterocycles. The van der Waals surface area contributed by atoms with Gasteiger partial charge in [-0.3, -0.25) is 19.2 Å². The van der Waals surface area contributed by atoms with Crippen molar-refractivity contribution < 1.29 is 52.5 Å². The van der Waals surface area contributed by atoms with Gasteiger partial charge in [-0.2, -0.15) is 0 Å². The van der Waals surface area contributed by atoms with E-state index in [-0.39, 0.29) is 57.6 Å². The van der Waals surface area contributed by atoms with Crippen LogP contribution in [0.15, 0.2) is 0 Å². The lowest BCUT2D eigenvalue weighted by Crippen LogP contribution is -2.40. The van der Waals surface area contributed by atoms with E-state index in [1.54, 1.807) is 6.92 Å². The number of unbranched alkanes of at least 4 members (excludes halogenated alkanes) is 3. The lowest BCUT2D eigenvalue weighted by atomic mass is 9.98. The van der Waals surface area contributed by atoms with E-state index in [0.717, 1.165) is 0 Å². The maximum Gasteiger partial charge on any atom is 0.408 e. The van der Waals surface area contributed by atoms with E-state index in [2.05, 4.69) is 27.2 Å². The van der Waals surface area contributed by atoms with E-state index < -0.39 is 36.1 Å². The monoisotopic (exact) mass is 594 g/mol. The summed E-state index contributed by atoms with van der Waals surface area (Å²) in [6.45, 7) is 2.75. The van der Waals surface area contributed by atoms with Gasteiger partial charge in [-0.05, 0) is 39.5 Å². The number of rotatable bonds is 22. The molecule has 0 aromatic heterocycles. The van der Waals surface area contributed by atoms with Crippen LogP contribution < -0.4 is 10.6 Å². The van der Waals surface area contributed by atoms with Crippen LogP contribution >= 0.6 is 0 Å². The Hall–Kier alpha value is -4.26. The van der Waals surface area contributed by atoms with Gasteiger partial charge in [0.25, 0.3) is 0 Å². The predicted octanol–water partition coefficient (Wildman–Crippen LogP) is 2.44. The van der Waals surface area contributed by atoms with Gasteiger partial charge in [-0.25, -0.2) is 9.59 Å². The Bertz CT molecular complexity index is 952. The second-order valence-electron chi connectivity index (χ2n) is 8.98. The molecule has 0 radical (unpaired) electrons. The van der Waals surface area contributed by atoms with Gasteiger partial charge in [0.1, 0.15) is 13.2 Å². The number of amides is 2. The molecule has 0 aliphatic rings. The number of Topliss-reactive ketones (excluding diaryl/α,β-unsaturated/α-hetero) is 1. The number of hydrogen-bond donors (Lipinski definition) is 2. The van der Waals surface area contributed by atoms with Gasteiger partial charge in [-0.1, -0.05) is 31.1 Å². The van der Waals surface area contributed by atoms with Crippen molar-refractivity contribution in [2.45, 2.75) is 77.7 Å². The third-order valence-corrected chi connectivity index (χ3v) is 5.62. The predicted molar refractivity (Wildman–Crippen MR) is 150 cm³/mol. The SMILES string of the molecule is C#CCOC(=O)CCCCCC(NC(=O)OCCOC(=O)CC(CCCCNC(=O)OCC#C)C(=O)OCC)C(C)=O. The highest BCUT2D eigenvalue weighted by Gasteiger charge is 2.24. The van der Waals surface area contributed by atoms with E-state index in [0.29, 0.717) is 51.5 Å². The second-order valence-corrected chi connectivity index (χ2v) is 8.98. The molecule has 13 nitrogen and oxygen atoms in total. The number of ketones is 1. The molecule has 0 saturated carbocycles. The van der Waals surface area contributed by atoms with Crippen molar-refractivity contribution in [3.05, 3.63) is 0 Å². The molecule has 0 rings (SSSR count). The summed E-state index contributed by atoms with van der Waals surface area (Å²) in [5.74, 6) is 1.80. The summed E-state index contributed by atoms with van der Waals surface area (Å²) in [5, 5.41) is 5.00. The number of carbonyl (C=O) groups is 6. The van der Waals surface area contributed by atoms with Crippen LogP contribution in [0.2, 0.25) is 0 Å². The Kier molecular flexibility index (Phi) is 22.0. The van der Waals surface area contributed by atoms with E-state index in [1.165, 1.54) is 6.92 Å². The summed E-state index contributed by atoms with van der Waals surface area (Å²) in [6.07, 6.45) is 12.1. The quantitative estimate of drug-likeness (QED) is 0.0816. The fourth-order valence-electron chi connectivity index (χ4n) is 3.53. The Morgan fingerprint density at radius 2 is 1.40 bits per heavy atom. The van der Waals surface area contributed by atoms with Crippen LogP contribution in [-0.2, 0) is 42.9 Å².